The SMILES string of the molecule is CCCCc1[c]c(O[O])cc(CCCC)c1C(=O)CCC(=O)c1ccc(C(=N)N)cc1. The van der Waals surface area contributed by atoms with Crippen LogP contribution in [0, 0.1) is 11.5 Å². The van der Waals surface area contributed by atoms with Crippen LogP contribution in [0.15, 0.2) is 30.3 Å². The highest BCUT2D eigenvalue weighted by molar-refractivity contribution is 6.04. The van der Waals surface area contributed by atoms with Gasteiger partial charge in [-0.25, -0.2) is 0 Å². The lowest BCUT2D eigenvalue weighted by atomic mass is 9.89. The zero-order chi connectivity index (χ0) is 22.8. The molecule has 6 heteroatoms. The Labute approximate surface area is 183 Å². The van der Waals surface area contributed by atoms with Gasteiger partial charge in [0.25, 0.3) is 0 Å². The molecule has 0 spiro atoms. The molecule has 0 saturated heterocycles. The minimum Gasteiger partial charge on any atom is -0.384 e. The number of benzene rings is 2. The number of nitrogens with two attached hydrogens (primary N) is 1. The number of ketones is 2. The van der Waals surface area contributed by atoms with Crippen molar-refractivity contribution in [2.45, 2.75) is 65.2 Å². The van der Waals surface area contributed by atoms with Crippen LogP contribution in [-0.4, -0.2) is 17.4 Å². The molecule has 0 atom stereocenters. The Morgan fingerprint density at radius 2 is 1.55 bits per heavy atom. The normalized spacial score (nSPS) is 10.7. The summed E-state index contributed by atoms with van der Waals surface area (Å²) in [7, 11) is 0. The molecule has 2 aromatic rings. The van der Waals surface area contributed by atoms with Crippen LogP contribution in [0.1, 0.15) is 89.8 Å². The van der Waals surface area contributed by atoms with Gasteiger partial charge in [0.2, 0.25) is 0 Å². The van der Waals surface area contributed by atoms with Crippen LogP contribution in [0.2, 0.25) is 0 Å². The molecular weight excluding hydrogens is 392 g/mol. The molecular formula is C25H30N2O4. The topological polar surface area (TPSA) is 113 Å². The minimum absolute atomic E-state index is 0.0600. The molecule has 2 aromatic carbocycles. The van der Waals surface area contributed by atoms with Crippen molar-refractivity contribution in [1.82, 2.24) is 0 Å². The van der Waals surface area contributed by atoms with E-state index in [-0.39, 0.29) is 36.0 Å². The van der Waals surface area contributed by atoms with Gasteiger partial charge in [0, 0.05) is 40.9 Å². The number of rotatable bonds is 13. The van der Waals surface area contributed by atoms with Gasteiger partial charge < -0.3 is 10.6 Å². The third-order valence-corrected chi connectivity index (χ3v) is 5.25. The first-order chi connectivity index (χ1) is 14.9. The molecule has 0 aromatic heterocycles. The second-order valence-electron chi connectivity index (χ2n) is 7.64. The van der Waals surface area contributed by atoms with E-state index in [1.165, 1.54) is 0 Å². The first kappa shape index (κ1) is 24.3. The number of hydrogen-bond acceptors (Lipinski definition) is 4. The van der Waals surface area contributed by atoms with E-state index in [1.54, 1.807) is 30.3 Å². The summed E-state index contributed by atoms with van der Waals surface area (Å²) in [6, 6.07) is 11.1. The molecule has 0 aliphatic carbocycles. The molecule has 0 aliphatic heterocycles. The number of nitrogen functional groups attached to an aromatic ring is 1. The number of nitrogens with one attached hydrogen (secondary N) is 1. The summed E-state index contributed by atoms with van der Waals surface area (Å²) in [5.41, 5.74) is 8.55. The number of carbonyl (C=O) groups excluding carboxylic acids is 2. The van der Waals surface area contributed by atoms with E-state index in [0.29, 0.717) is 35.1 Å². The van der Waals surface area contributed by atoms with Gasteiger partial charge in [-0.1, -0.05) is 51.0 Å². The second kappa shape index (κ2) is 12.0. The van der Waals surface area contributed by atoms with Gasteiger partial charge in [-0.2, -0.15) is 0 Å². The fraction of sp³-hybridized carbons (Fsp3) is 0.400. The lowest BCUT2D eigenvalue weighted by Gasteiger charge is -2.15. The van der Waals surface area contributed by atoms with E-state index in [2.05, 4.69) is 24.8 Å². The van der Waals surface area contributed by atoms with Crippen LogP contribution in [-0.2, 0) is 18.1 Å². The summed E-state index contributed by atoms with van der Waals surface area (Å²) >= 11 is 0. The maximum atomic E-state index is 13.2. The average Bonchev–Trinajstić information content (AvgIpc) is 2.79. The molecule has 0 aliphatic rings. The van der Waals surface area contributed by atoms with Gasteiger partial charge in [0.05, 0.1) is 0 Å². The van der Waals surface area contributed by atoms with Gasteiger partial charge in [0.1, 0.15) is 5.84 Å². The Hall–Kier alpha value is -2.99. The Balaban J connectivity index is 2.23. The fourth-order valence-electron chi connectivity index (χ4n) is 3.50. The number of amidine groups is 1. The lowest BCUT2D eigenvalue weighted by molar-refractivity contribution is -0.208. The molecule has 0 saturated carbocycles. The Morgan fingerprint density at radius 1 is 0.968 bits per heavy atom. The van der Waals surface area contributed by atoms with Gasteiger partial charge in [0.15, 0.2) is 17.3 Å². The van der Waals surface area contributed by atoms with Crippen LogP contribution in [0.25, 0.3) is 0 Å². The molecule has 0 amide bonds. The van der Waals surface area contributed by atoms with Crippen molar-refractivity contribution in [3.8, 4) is 5.75 Å². The van der Waals surface area contributed by atoms with Crippen molar-refractivity contribution < 1.29 is 19.7 Å². The molecule has 2 radical (unpaired) electrons. The Morgan fingerprint density at radius 3 is 2.13 bits per heavy atom. The highest BCUT2D eigenvalue weighted by Crippen LogP contribution is 2.27. The van der Waals surface area contributed by atoms with Crippen LogP contribution < -0.4 is 10.6 Å². The van der Waals surface area contributed by atoms with Crippen molar-refractivity contribution in [3.63, 3.8) is 0 Å². The highest BCUT2D eigenvalue weighted by Gasteiger charge is 2.20. The van der Waals surface area contributed by atoms with Crippen LogP contribution in [0.3, 0.4) is 0 Å². The van der Waals surface area contributed by atoms with Gasteiger partial charge in [-0.15, -0.1) is 0 Å². The van der Waals surface area contributed by atoms with Gasteiger partial charge in [-0.3, -0.25) is 15.0 Å². The number of Topliss-reactive ketones (excluding diaryl/α,β-unsaturated/α-hetero) is 2. The summed E-state index contributed by atoms with van der Waals surface area (Å²) in [6.45, 7) is 4.12. The average molecular weight is 423 g/mol. The Kier molecular flexibility index (Phi) is 9.40. The largest absolute Gasteiger partial charge is 0.384 e. The second-order valence-corrected chi connectivity index (χ2v) is 7.64. The molecule has 0 fully saturated rings. The van der Waals surface area contributed by atoms with E-state index in [4.69, 9.17) is 11.1 Å². The number of hydrogen-bond donors (Lipinski definition) is 2. The van der Waals surface area contributed by atoms with E-state index < -0.39 is 0 Å². The molecule has 31 heavy (non-hydrogen) atoms. The zero-order valence-electron chi connectivity index (χ0n) is 18.3. The summed E-state index contributed by atoms with van der Waals surface area (Å²) < 4.78 is 0. The maximum absolute atomic E-state index is 13.2. The first-order valence-electron chi connectivity index (χ1n) is 10.8. The van der Waals surface area contributed by atoms with Crippen molar-refractivity contribution in [2.24, 2.45) is 5.73 Å². The molecule has 164 valence electrons. The molecule has 0 unspecified atom stereocenters. The van der Waals surface area contributed by atoms with Crippen molar-refractivity contribution in [2.75, 3.05) is 0 Å². The monoisotopic (exact) mass is 422 g/mol. The first-order valence-corrected chi connectivity index (χ1v) is 10.8. The van der Waals surface area contributed by atoms with Crippen LogP contribution in [0.5, 0.6) is 5.75 Å². The lowest BCUT2D eigenvalue weighted by Crippen LogP contribution is -2.13. The van der Waals surface area contributed by atoms with E-state index in [0.717, 1.165) is 31.2 Å². The van der Waals surface area contributed by atoms with Crippen molar-refractivity contribution in [3.05, 3.63) is 64.2 Å². The third-order valence-electron chi connectivity index (χ3n) is 5.25. The van der Waals surface area contributed by atoms with Crippen molar-refractivity contribution >= 4 is 17.4 Å². The van der Waals surface area contributed by atoms with Gasteiger partial charge in [-0.05, 0) is 42.9 Å². The summed E-state index contributed by atoms with van der Waals surface area (Å²) in [4.78, 5) is 29.9. The number of unbranched alkanes of at least 4 members (excludes halogenated alkanes) is 2. The molecule has 0 heterocycles. The standard InChI is InChI=1S/C25H30N2O4/c1-3-5-7-19-15-21(31-30)16-20(8-6-4-2)24(19)23(29)14-13-22(28)17-9-11-18(12-10-17)25(26)27/h9-12,15H,3-8,13-14H2,1-2H3,(H3,26,27). The van der Waals surface area contributed by atoms with E-state index in [9.17, 15) is 14.8 Å². The molecule has 2 rings (SSSR count). The minimum atomic E-state index is -0.142. The van der Waals surface area contributed by atoms with Crippen LogP contribution in [0.4, 0.5) is 0 Å². The zero-order valence-corrected chi connectivity index (χ0v) is 18.3. The smallest absolute Gasteiger partial charge is 0.177 e. The summed E-state index contributed by atoms with van der Waals surface area (Å²) in [6.07, 6.45) is 5.12. The molecule has 3 N–H and O–H groups in total. The highest BCUT2D eigenvalue weighted by atomic mass is 17.1. The Bertz CT molecular complexity index is 891. The summed E-state index contributed by atoms with van der Waals surface area (Å²) in [5.74, 6) is -0.206. The van der Waals surface area contributed by atoms with Gasteiger partial charge >= 0.3 is 0 Å². The predicted molar refractivity (Wildman–Crippen MR) is 119 cm³/mol. The fourth-order valence-corrected chi connectivity index (χ4v) is 3.50. The molecule has 0 bridgehead atoms. The predicted octanol–water partition coefficient (Wildman–Crippen LogP) is 5.03. The van der Waals surface area contributed by atoms with E-state index in [1.807, 2.05) is 0 Å². The van der Waals surface area contributed by atoms with E-state index >= 15 is 0 Å². The van der Waals surface area contributed by atoms with Crippen molar-refractivity contribution in [1.29, 1.82) is 5.41 Å². The summed E-state index contributed by atoms with van der Waals surface area (Å²) in [5, 5.41) is 18.4. The third kappa shape index (κ3) is 6.76. The maximum Gasteiger partial charge on any atom is 0.177 e. The number of carbonyl (C=O) groups is 2. The number of aryl methyl sites for hydroxylation is 2. The van der Waals surface area contributed by atoms with Crippen LogP contribution >= 0.6 is 0 Å². The molecule has 6 nitrogen and oxygen atoms in total. The quantitative estimate of drug-likeness (QED) is 0.155.